The molecule has 0 unspecified atom stereocenters. The molecule has 2 rings (SSSR count). The van der Waals surface area contributed by atoms with Gasteiger partial charge >= 0.3 is 0 Å². The number of allylic oxidation sites excluding steroid dienone is 1. The summed E-state index contributed by atoms with van der Waals surface area (Å²) >= 11 is 0. The van der Waals surface area contributed by atoms with Crippen molar-refractivity contribution in [3.8, 4) is 11.1 Å². The van der Waals surface area contributed by atoms with Gasteiger partial charge in [0.15, 0.2) is 0 Å². The summed E-state index contributed by atoms with van der Waals surface area (Å²) in [5.74, 6) is 0.346. The normalized spacial score (nSPS) is 11.2. The topological polar surface area (TPSA) is 59.4 Å². The van der Waals surface area contributed by atoms with Crippen molar-refractivity contribution in [3.63, 3.8) is 0 Å². The van der Waals surface area contributed by atoms with Gasteiger partial charge < -0.3 is 9.84 Å². The van der Waals surface area contributed by atoms with Crippen molar-refractivity contribution in [2.45, 2.75) is 78.7 Å². The van der Waals surface area contributed by atoms with Crippen LogP contribution in [-0.4, -0.2) is 23.7 Å². The van der Waals surface area contributed by atoms with E-state index in [9.17, 15) is 4.39 Å². The van der Waals surface area contributed by atoms with Crippen LogP contribution < -0.4 is 0 Å². The zero-order valence-corrected chi connectivity index (χ0v) is 20.3. The fourth-order valence-corrected chi connectivity index (χ4v) is 3.71. The molecular weight excluding hydrogens is 405 g/mol. The number of rotatable bonds is 10. The van der Waals surface area contributed by atoms with Crippen molar-refractivity contribution in [2.75, 3.05) is 7.11 Å². The Morgan fingerprint density at radius 2 is 1.66 bits per heavy atom. The first-order chi connectivity index (χ1) is 15.3. The van der Waals surface area contributed by atoms with Crippen LogP contribution in [0.15, 0.2) is 30.3 Å². The molecule has 1 heterocycles. The maximum atomic E-state index is 13.6. The van der Waals surface area contributed by atoms with Crippen molar-refractivity contribution < 1.29 is 19.0 Å². The number of carboxylic acid groups (broad SMARTS) is 1. The largest absolute Gasteiger partial charge is 0.483 e. The Kier molecular flexibility index (Phi) is 12.5. The highest BCUT2D eigenvalue weighted by molar-refractivity contribution is 5.80. The molecule has 0 spiro atoms. The van der Waals surface area contributed by atoms with Gasteiger partial charge in [0, 0.05) is 23.9 Å². The molecule has 0 saturated carbocycles. The maximum absolute atomic E-state index is 13.6. The van der Waals surface area contributed by atoms with Crippen molar-refractivity contribution in [3.05, 3.63) is 58.7 Å². The molecule has 0 amide bonds. The minimum absolute atomic E-state index is 0.221. The van der Waals surface area contributed by atoms with Crippen LogP contribution in [0.4, 0.5) is 4.39 Å². The lowest BCUT2D eigenvalue weighted by Crippen LogP contribution is -2.11. The molecule has 0 saturated heterocycles. The lowest BCUT2D eigenvalue weighted by molar-refractivity contribution is -0.122. The van der Waals surface area contributed by atoms with Gasteiger partial charge in [-0.05, 0) is 47.9 Å². The molecule has 176 valence electrons. The average molecular weight is 444 g/mol. The van der Waals surface area contributed by atoms with Crippen molar-refractivity contribution in [1.82, 2.24) is 4.98 Å². The van der Waals surface area contributed by atoms with Crippen molar-refractivity contribution >= 4 is 12.5 Å². The molecule has 5 heteroatoms. The number of benzene rings is 1. The molecule has 2 aromatic rings. The third-order valence-corrected chi connectivity index (χ3v) is 5.17. The van der Waals surface area contributed by atoms with Crippen molar-refractivity contribution in [1.29, 1.82) is 0 Å². The highest BCUT2D eigenvalue weighted by Gasteiger charge is 2.22. The molecule has 1 aromatic carbocycles. The Hall–Kier alpha value is -2.53. The maximum Gasteiger partial charge on any atom is 0.290 e. The van der Waals surface area contributed by atoms with E-state index in [-0.39, 0.29) is 18.2 Å². The SMILES string of the molecule is CCCCC/C=C/c1c(C(C)C)nc(C(C)C)c(COC)c1-c1ccc(F)cc1.O=CO. The number of aromatic nitrogens is 1. The van der Waals surface area contributed by atoms with E-state index in [1.165, 1.54) is 31.4 Å². The van der Waals surface area contributed by atoms with Gasteiger partial charge in [0.05, 0.1) is 12.3 Å². The van der Waals surface area contributed by atoms with E-state index in [0.29, 0.717) is 12.5 Å². The highest BCUT2D eigenvalue weighted by Crippen LogP contribution is 2.37. The lowest BCUT2D eigenvalue weighted by Gasteiger charge is -2.23. The van der Waals surface area contributed by atoms with Crippen LogP contribution in [0.1, 0.15) is 94.7 Å². The van der Waals surface area contributed by atoms with E-state index in [4.69, 9.17) is 19.6 Å². The predicted octanol–water partition coefficient (Wildman–Crippen LogP) is 7.58. The Morgan fingerprint density at radius 3 is 2.16 bits per heavy atom. The fourth-order valence-electron chi connectivity index (χ4n) is 3.71. The number of unbranched alkanes of at least 4 members (excludes halogenated alkanes) is 3. The summed E-state index contributed by atoms with van der Waals surface area (Å²) in [6.07, 6.45) is 9.19. The van der Waals surface area contributed by atoms with Gasteiger partial charge in [0.1, 0.15) is 5.82 Å². The van der Waals surface area contributed by atoms with Crippen LogP contribution in [0.2, 0.25) is 0 Å². The monoisotopic (exact) mass is 443 g/mol. The van der Waals surface area contributed by atoms with Gasteiger partial charge in [0.2, 0.25) is 0 Å². The second kappa shape index (κ2) is 14.5. The van der Waals surface area contributed by atoms with Gasteiger partial charge in [-0.15, -0.1) is 0 Å². The summed E-state index contributed by atoms with van der Waals surface area (Å²) in [5, 5.41) is 6.89. The minimum Gasteiger partial charge on any atom is -0.483 e. The number of halogens is 1. The van der Waals surface area contributed by atoms with E-state index in [2.05, 4.69) is 46.8 Å². The van der Waals surface area contributed by atoms with Crippen LogP contribution in [0, 0.1) is 5.82 Å². The van der Waals surface area contributed by atoms with E-state index in [0.717, 1.165) is 40.1 Å². The third-order valence-electron chi connectivity index (χ3n) is 5.17. The first-order valence-electron chi connectivity index (χ1n) is 11.4. The summed E-state index contributed by atoms with van der Waals surface area (Å²) < 4.78 is 19.2. The van der Waals surface area contributed by atoms with Crippen LogP contribution >= 0.6 is 0 Å². The van der Waals surface area contributed by atoms with Gasteiger partial charge in [-0.2, -0.15) is 0 Å². The van der Waals surface area contributed by atoms with Gasteiger partial charge in [0.25, 0.3) is 6.47 Å². The molecule has 0 fully saturated rings. The Morgan fingerprint density at radius 1 is 1.06 bits per heavy atom. The number of ether oxygens (including phenoxy) is 1. The van der Waals surface area contributed by atoms with Crippen LogP contribution in [0.25, 0.3) is 17.2 Å². The molecule has 0 aliphatic rings. The Labute approximate surface area is 192 Å². The molecule has 1 aromatic heterocycles. The molecule has 1 N–H and O–H groups in total. The molecule has 4 nitrogen and oxygen atoms in total. The Bertz CT molecular complexity index is 858. The quantitative estimate of drug-likeness (QED) is 0.304. The second-order valence-corrected chi connectivity index (χ2v) is 8.40. The number of nitrogens with zero attached hydrogens (tertiary/aromatic N) is 1. The van der Waals surface area contributed by atoms with E-state index in [1.54, 1.807) is 7.11 Å². The third kappa shape index (κ3) is 7.86. The van der Waals surface area contributed by atoms with Crippen LogP contribution in [0.3, 0.4) is 0 Å². The minimum atomic E-state index is -0.250. The fraction of sp³-hybridized carbons (Fsp3) is 0.481. The number of carbonyl (C=O) groups is 1. The molecule has 0 atom stereocenters. The van der Waals surface area contributed by atoms with Crippen molar-refractivity contribution in [2.24, 2.45) is 0 Å². The predicted molar refractivity (Wildman–Crippen MR) is 130 cm³/mol. The first-order valence-corrected chi connectivity index (χ1v) is 11.4. The van der Waals surface area contributed by atoms with Crippen LogP contribution in [-0.2, 0) is 16.1 Å². The summed E-state index contributed by atoms with van der Waals surface area (Å²) in [6.45, 7) is 11.2. The standard InChI is InChI=1S/C26H36FNO.CH2O2/c1-7-8-9-10-11-12-22-24(20-13-15-21(27)16-14-20)23(17-29-6)26(19(4)5)28-25(22)18(2)3;2-1-3/h11-16,18-19H,7-10,17H2,1-6H3;1H,(H,2,3)/b12-11+;. The number of pyridine rings is 1. The number of hydrogen-bond donors (Lipinski definition) is 1. The van der Waals surface area contributed by atoms with E-state index >= 15 is 0 Å². The van der Waals surface area contributed by atoms with Gasteiger partial charge in [-0.3, -0.25) is 9.78 Å². The average Bonchev–Trinajstić information content (AvgIpc) is 2.74. The summed E-state index contributed by atoms with van der Waals surface area (Å²) in [4.78, 5) is 13.5. The molecule has 0 aliphatic heterocycles. The zero-order valence-electron chi connectivity index (χ0n) is 20.3. The molecule has 0 radical (unpaired) electrons. The van der Waals surface area contributed by atoms with Gasteiger partial charge in [-0.25, -0.2) is 4.39 Å². The summed E-state index contributed by atoms with van der Waals surface area (Å²) in [6, 6.07) is 6.80. The lowest BCUT2D eigenvalue weighted by atomic mass is 9.87. The van der Waals surface area contributed by atoms with E-state index in [1.807, 2.05) is 12.1 Å². The molecule has 0 aliphatic carbocycles. The molecule has 0 bridgehead atoms. The summed E-state index contributed by atoms with van der Waals surface area (Å²) in [7, 11) is 1.72. The first kappa shape index (κ1) is 27.5. The highest BCUT2D eigenvalue weighted by atomic mass is 19.1. The van der Waals surface area contributed by atoms with E-state index < -0.39 is 0 Å². The zero-order chi connectivity index (χ0) is 24.1. The smallest absolute Gasteiger partial charge is 0.290 e. The molecule has 32 heavy (non-hydrogen) atoms. The number of hydrogen-bond acceptors (Lipinski definition) is 3. The molecular formula is C27H38FNO3. The summed E-state index contributed by atoms with van der Waals surface area (Å²) in [5.41, 5.74) is 6.54. The Balaban J connectivity index is 0.00000161. The number of methoxy groups -OCH3 is 1. The van der Waals surface area contributed by atoms with Crippen LogP contribution in [0.5, 0.6) is 0 Å². The van der Waals surface area contributed by atoms with Gasteiger partial charge in [-0.1, -0.05) is 71.7 Å². The second-order valence-electron chi connectivity index (χ2n) is 8.40.